The lowest BCUT2D eigenvalue weighted by Gasteiger charge is -2.15. The minimum Gasteiger partial charge on any atom is -0.348 e. The largest absolute Gasteiger partial charge is 0.348 e. The smallest absolute Gasteiger partial charge is 0.262 e. The molecule has 0 radical (unpaired) electrons. The third-order valence-corrected chi connectivity index (χ3v) is 6.54. The van der Waals surface area contributed by atoms with E-state index in [0.29, 0.717) is 28.4 Å². The summed E-state index contributed by atoms with van der Waals surface area (Å²) in [6.45, 7) is 0. The maximum absolute atomic E-state index is 12.9. The Bertz CT molecular complexity index is 1180. The van der Waals surface area contributed by atoms with Crippen molar-refractivity contribution < 1.29 is 13.2 Å². The van der Waals surface area contributed by atoms with Crippen LogP contribution in [0.2, 0.25) is 0 Å². The molecule has 1 atom stereocenters. The molecule has 0 aliphatic carbocycles. The molecule has 0 unspecified atom stereocenters. The maximum Gasteiger partial charge on any atom is 0.262 e. The monoisotopic (exact) mass is 382 g/mol. The number of hydrogen-bond donors (Lipinski definition) is 1. The summed E-state index contributed by atoms with van der Waals surface area (Å²) in [6, 6.07) is 15.6. The molecule has 1 fully saturated rings. The molecule has 2 heterocycles. The van der Waals surface area contributed by atoms with E-state index in [2.05, 4.69) is 5.32 Å². The van der Waals surface area contributed by atoms with Crippen LogP contribution in [0.25, 0.3) is 16.5 Å². The number of carbonyl (C=O) groups excluding carboxylic acids is 1. The van der Waals surface area contributed by atoms with E-state index in [-0.39, 0.29) is 23.0 Å². The Morgan fingerprint density at radius 2 is 1.67 bits per heavy atom. The molecule has 1 saturated heterocycles. The Morgan fingerprint density at radius 3 is 2.33 bits per heavy atom. The van der Waals surface area contributed by atoms with Crippen molar-refractivity contribution in [1.82, 2.24) is 9.88 Å². The molecule has 1 amide bonds. The number of benzene rings is 2. The Balaban J connectivity index is 1.81. The van der Waals surface area contributed by atoms with Gasteiger partial charge in [0, 0.05) is 28.7 Å². The second kappa shape index (κ2) is 6.66. The highest BCUT2D eigenvalue weighted by Gasteiger charge is 2.29. The highest BCUT2D eigenvalue weighted by molar-refractivity contribution is 7.91. The summed E-state index contributed by atoms with van der Waals surface area (Å²) in [5, 5.41) is 3.79. The van der Waals surface area contributed by atoms with Crippen molar-refractivity contribution in [2.75, 3.05) is 11.5 Å². The van der Waals surface area contributed by atoms with Gasteiger partial charge in [-0.05, 0) is 24.6 Å². The number of nitrogens with zero attached hydrogens (tertiary/aromatic N) is 1. The molecule has 0 bridgehead atoms. The van der Waals surface area contributed by atoms with Crippen LogP contribution in [0.3, 0.4) is 0 Å². The van der Waals surface area contributed by atoms with Gasteiger partial charge in [0.25, 0.3) is 11.5 Å². The summed E-state index contributed by atoms with van der Waals surface area (Å²) in [7, 11) is -3.09. The fraction of sp³-hybridized carbons (Fsp3) is 0.200. The van der Waals surface area contributed by atoms with Gasteiger partial charge in [0.2, 0.25) is 0 Å². The number of carbonyl (C=O) groups is 1. The summed E-state index contributed by atoms with van der Waals surface area (Å²) in [4.78, 5) is 25.8. The molecule has 0 spiro atoms. The summed E-state index contributed by atoms with van der Waals surface area (Å²) < 4.78 is 24.8. The maximum atomic E-state index is 12.9. The topological polar surface area (TPSA) is 85.2 Å². The summed E-state index contributed by atoms with van der Waals surface area (Å²) >= 11 is 0. The van der Waals surface area contributed by atoms with E-state index in [1.807, 2.05) is 18.2 Å². The molecule has 1 aliphatic rings. The third-order valence-electron chi connectivity index (χ3n) is 4.77. The van der Waals surface area contributed by atoms with Crippen molar-refractivity contribution in [2.24, 2.45) is 0 Å². The molecule has 4 rings (SSSR count). The Hall–Kier alpha value is -2.93. The highest BCUT2D eigenvalue weighted by Crippen LogP contribution is 2.19. The number of para-hydroxylation sites is 1. The van der Waals surface area contributed by atoms with Crippen LogP contribution in [-0.2, 0) is 9.84 Å². The van der Waals surface area contributed by atoms with E-state index < -0.39 is 15.9 Å². The second-order valence-electron chi connectivity index (χ2n) is 6.67. The SMILES string of the molecule is O=C(N[C@@H]1CCS(=O)(=O)C1)c1cn(-c2ccccc2)c(=O)c2ccccc12. The Morgan fingerprint density at radius 1 is 1.00 bits per heavy atom. The van der Waals surface area contributed by atoms with Gasteiger partial charge in [-0.1, -0.05) is 36.4 Å². The summed E-state index contributed by atoms with van der Waals surface area (Å²) in [6.07, 6.45) is 1.93. The number of nitrogens with one attached hydrogen (secondary N) is 1. The quantitative estimate of drug-likeness (QED) is 0.750. The highest BCUT2D eigenvalue weighted by atomic mass is 32.2. The van der Waals surface area contributed by atoms with Crippen LogP contribution in [0.5, 0.6) is 0 Å². The second-order valence-corrected chi connectivity index (χ2v) is 8.90. The van der Waals surface area contributed by atoms with Crippen LogP contribution in [-0.4, -0.2) is 36.4 Å². The van der Waals surface area contributed by atoms with E-state index >= 15 is 0 Å². The van der Waals surface area contributed by atoms with Gasteiger partial charge in [-0.2, -0.15) is 0 Å². The zero-order valence-corrected chi connectivity index (χ0v) is 15.3. The lowest BCUT2D eigenvalue weighted by atomic mass is 10.1. The first-order chi connectivity index (χ1) is 12.9. The summed E-state index contributed by atoms with van der Waals surface area (Å²) in [5.41, 5.74) is 0.792. The predicted octanol–water partition coefficient (Wildman–Crippen LogP) is 1.91. The van der Waals surface area contributed by atoms with Crippen LogP contribution in [0.15, 0.2) is 65.6 Å². The van der Waals surface area contributed by atoms with Crippen molar-refractivity contribution in [3.63, 3.8) is 0 Å². The molecule has 1 aliphatic heterocycles. The van der Waals surface area contributed by atoms with Gasteiger partial charge >= 0.3 is 0 Å². The number of aromatic nitrogens is 1. The minimum atomic E-state index is -3.09. The van der Waals surface area contributed by atoms with E-state index in [9.17, 15) is 18.0 Å². The number of rotatable bonds is 3. The number of fused-ring (bicyclic) bond motifs is 1. The molecular formula is C20H18N2O4S. The zero-order chi connectivity index (χ0) is 19.0. The molecule has 1 N–H and O–H groups in total. The van der Waals surface area contributed by atoms with Gasteiger partial charge in [-0.3, -0.25) is 14.2 Å². The van der Waals surface area contributed by atoms with Gasteiger partial charge in [0.15, 0.2) is 9.84 Å². The van der Waals surface area contributed by atoms with E-state index in [1.165, 1.54) is 10.8 Å². The normalized spacial score (nSPS) is 18.4. The lowest BCUT2D eigenvalue weighted by molar-refractivity contribution is 0.0942. The first kappa shape index (κ1) is 17.5. The van der Waals surface area contributed by atoms with Crippen LogP contribution in [0, 0.1) is 0 Å². The molecule has 0 saturated carbocycles. The molecule has 3 aromatic rings. The molecule has 7 heteroatoms. The Kier molecular flexibility index (Phi) is 4.31. The van der Waals surface area contributed by atoms with E-state index in [1.54, 1.807) is 36.4 Å². The van der Waals surface area contributed by atoms with E-state index in [4.69, 9.17) is 0 Å². The molecule has 6 nitrogen and oxygen atoms in total. The number of pyridine rings is 1. The zero-order valence-electron chi connectivity index (χ0n) is 14.5. The van der Waals surface area contributed by atoms with E-state index in [0.717, 1.165) is 0 Å². The predicted molar refractivity (Wildman–Crippen MR) is 104 cm³/mol. The molecule has 2 aromatic carbocycles. The number of amides is 1. The number of sulfone groups is 1. The summed E-state index contributed by atoms with van der Waals surface area (Å²) in [5.74, 6) is -0.338. The first-order valence-electron chi connectivity index (χ1n) is 8.66. The average molecular weight is 382 g/mol. The van der Waals surface area contributed by atoms with Crippen molar-refractivity contribution >= 4 is 26.5 Å². The minimum absolute atomic E-state index is 0.0466. The van der Waals surface area contributed by atoms with Crippen LogP contribution in [0.4, 0.5) is 0 Å². The fourth-order valence-corrected chi connectivity index (χ4v) is 5.10. The molecule has 138 valence electrons. The molecule has 27 heavy (non-hydrogen) atoms. The fourth-order valence-electron chi connectivity index (χ4n) is 3.42. The first-order valence-corrected chi connectivity index (χ1v) is 10.5. The number of hydrogen-bond acceptors (Lipinski definition) is 4. The standard InChI is InChI=1S/C20H18N2O4S/c23-19(21-14-10-11-27(25,26)13-14)18-12-22(15-6-2-1-3-7-15)20(24)17-9-5-4-8-16(17)18/h1-9,12,14H,10-11,13H2,(H,21,23)/t14-/m1/s1. The van der Waals surface area contributed by atoms with Gasteiger partial charge in [-0.15, -0.1) is 0 Å². The van der Waals surface area contributed by atoms with Crippen molar-refractivity contribution in [2.45, 2.75) is 12.5 Å². The van der Waals surface area contributed by atoms with Crippen LogP contribution >= 0.6 is 0 Å². The van der Waals surface area contributed by atoms with Gasteiger partial charge in [0.05, 0.1) is 17.1 Å². The third kappa shape index (κ3) is 3.38. The van der Waals surface area contributed by atoms with Crippen molar-refractivity contribution in [3.05, 3.63) is 76.7 Å². The van der Waals surface area contributed by atoms with Crippen LogP contribution in [0.1, 0.15) is 16.8 Å². The molecular weight excluding hydrogens is 364 g/mol. The van der Waals surface area contributed by atoms with Gasteiger partial charge < -0.3 is 5.32 Å². The average Bonchev–Trinajstić information content (AvgIpc) is 3.01. The van der Waals surface area contributed by atoms with Crippen molar-refractivity contribution in [3.8, 4) is 5.69 Å². The van der Waals surface area contributed by atoms with Gasteiger partial charge in [-0.25, -0.2) is 8.42 Å². The Labute approximate surface area is 156 Å². The molecule has 1 aromatic heterocycles. The van der Waals surface area contributed by atoms with Crippen molar-refractivity contribution in [1.29, 1.82) is 0 Å². The van der Waals surface area contributed by atoms with Crippen LogP contribution < -0.4 is 10.9 Å². The lowest BCUT2D eigenvalue weighted by Crippen LogP contribution is -2.36. The van der Waals surface area contributed by atoms with Gasteiger partial charge in [0.1, 0.15) is 0 Å².